The predicted octanol–water partition coefficient (Wildman–Crippen LogP) is 27.6. The predicted molar refractivity (Wildman–Crippen MR) is 578 cm³/mol. The SMILES string of the molecule is C[C@@]12CCCCC[C@@H](Cc3ccc(O)cc31)[C@@H]2NC(=O)OCC1c2ccccc2-c2ccccc21.C[C@@]12CCCCC[C@@H](Cc3ccc(OC(=O)c4ccc(C(=O)Oc5ccc6c(c5)[C@@]5(C)CCCCC[C@@H](C6)[C@@H]5N)cc4)cc31)[C@@H]2N.C[C@H]1[C@H]2CCCCC[C@]1(C)c1cc(OC(=O)c3ccc(C(=O)Oc4ccc5c(c4)[C@@]4(C)CCCCC[C@@H](C5)[C@@H]4NC(=O)OCC4c5ccccc5-c5ccccc54)cc3)ccc1C2.Cl.Cl. The van der Waals surface area contributed by atoms with Crippen LogP contribution in [-0.4, -0.2) is 78.6 Å². The maximum absolute atomic E-state index is 13.8. The van der Waals surface area contributed by atoms with Gasteiger partial charge in [-0.2, -0.15) is 0 Å². The van der Waals surface area contributed by atoms with Gasteiger partial charge >= 0.3 is 36.1 Å². The van der Waals surface area contributed by atoms with Crippen LogP contribution in [-0.2, 0) is 68.7 Å². The van der Waals surface area contributed by atoms with Gasteiger partial charge in [0, 0.05) is 57.7 Å². The summed E-state index contributed by atoms with van der Waals surface area (Å²) >= 11 is 0. The molecule has 12 aliphatic carbocycles. The van der Waals surface area contributed by atoms with Gasteiger partial charge in [0.1, 0.15) is 42.0 Å². The molecular weight excluding hydrogens is 1860 g/mol. The molecule has 762 valence electrons. The second-order valence-electron chi connectivity index (χ2n) is 45.5. The van der Waals surface area contributed by atoms with E-state index in [1.807, 2.05) is 60.7 Å². The molecule has 0 heterocycles. The summed E-state index contributed by atoms with van der Waals surface area (Å²) < 4.78 is 35.7. The minimum atomic E-state index is -0.505. The van der Waals surface area contributed by atoms with Crippen molar-refractivity contribution in [2.75, 3.05) is 13.2 Å². The number of phenols is 1. The van der Waals surface area contributed by atoms with Crippen molar-refractivity contribution in [2.24, 2.45) is 47.0 Å². The van der Waals surface area contributed by atoms with Crippen LogP contribution in [0.5, 0.6) is 28.7 Å². The van der Waals surface area contributed by atoms with Crippen molar-refractivity contribution in [3.8, 4) is 51.0 Å². The summed E-state index contributed by atoms with van der Waals surface area (Å²) in [7, 11) is 0. The first-order valence-electron chi connectivity index (χ1n) is 54.0. The van der Waals surface area contributed by atoms with E-state index in [1.165, 1.54) is 172 Å². The Kier molecular flexibility index (Phi) is 30.4. The normalized spacial score (nSPS) is 26.7. The minimum Gasteiger partial charge on any atom is -0.508 e. The van der Waals surface area contributed by atoms with Gasteiger partial charge < -0.3 is 55.6 Å². The molecule has 11 aromatic rings. The van der Waals surface area contributed by atoms with Gasteiger partial charge in [0.15, 0.2) is 0 Å². The summed E-state index contributed by atoms with van der Waals surface area (Å²) in [5.41, 5.74) is 36.7. The molecule has 2 amide bonds. The molecule has 17 nitrogen and oxygen atoms in total. The van der Waals surface area contributed by atoms with Crippen LogP contribution in [0.2, 0.25) is 0 Å². The highest BCUT2D eigenvalue weighted by Gasteiger charge is 2.52. The summed E-state index contributed by atoms with van der Waals surface area (Å²) in [6.07, 6.45) is 33.0. The number of phenolic OH excluding ortho intramolecular Hbond substituents is 1. The number of halogens is 2. The number of amides is 2. The molecule has 0 aromatic heterocycles. The van der Waals surface area contributed by atoms with E-state index in [1.54, 1.807) is 54.6 Å². The topological polar surface area (TPSA) is 254 Å². The first kappa shape index (κ1) is 103. The third-order valence-corrected chi connectivity index (χ3v) is 37.1. The average molecular weight is 2000 g/mol. The molecule has 0 unspecified atom stereocenters. The lowest BCUT2D eigenvalue weighted by atomic mass is 9.57. The lowest BCUT2D eigenvalue weighted by molar-refractivity contribution is 0.0719. The maximum Gasteiger partial charge on any atom is 0.407 e. The van der Waals surface area contributed by atoms with Crippen molar-refractivity contribution in [1.82, 2.24) is 10.6 Å². The number of hydrogen-bond donors (Lipinski definition) is 5. The monoisotopic (exact) mass is 2000 g/mol. The number of ether oxygens (including phenoxy) is 6. The minimum absolute atomic E-state index is 0. The van der Waals surface area contributed by atoms with E-state index >= 15 is 0 Å². The van der Waals surface area contributed by atoms with Crippen molar-refractivity contribution in [1.29, 1.82) is 0 Å². The van der Waals surface area contributed by atoms with E-state index in [9.17, 15) is 33.9 Å². The fourth-order valence-corrected chi connectivity index (χ4v) is 28.8. The molecule has 19 heteroatoms. The average Bonchev–Trinajstić information content (AvgIpc) is 1.75. The third kappa shape index (κ3) is 20.1. The van der Waals surface area contributed by atoms with Crippen molar-refractivity contribution in [2.45, 2.75) is 297 Å². The molecule has 0 radical (unpaired) electrons. The summed E-state index contributed by atoms with van der Waals surface area (Å²) in [6.45, 7) is 14.5. The number of fused-ring (bicyclic) bond motifs is 26. The molecule has 10 bridgehead atoms. The Morgan fingerprint density at radius 1 is 0.308 bits per heavy atom. The van der Waals surface area contributed by atoms with Crippen LogP contribution in [0.25, 0.3) is 22.3 Å². The van der Waals surface area contributed by atoms with Crippen molar-refractivity contribution in [3.63, 3.8) is 0 Å². The third-order valence-electron chi connectivity index (χ3n) is 37.1. The molecular formula is C127H142Cl2N4O13. The van der Waals surface area contributed by atoms with Crippen LogP contribution in [0.3, 0.4) is 0 Å². The number of nitrogens with two attached hydrogens (primary N) is 2. The van der Waals surface area contributed by atoms with E-state index < -0.39 is 30.0 Å². The first-order valence-corrected chi connectivity index (χ1v) is 54.0. The molecule has 5 saturated carbocycles. The van der Waals surface area contributed by atoms with Crippen LogP contribution in [0, 0.1) is 35.5 Å². The molecule has 0 spiro atoms. The quantitative estimate of drug-likeness (QED) is 0.0501. The highest BCUT2D eigenvalue weighted by Crippen LogP contribution is 2.56. The standard InChI is InChI=1S/C56H59NO6.C40H48N2O4.C31H33NO3.2ClH/c1-35-38-14-6-4-12-28-55(35,2)49-32-42(26-24-39(49)30-38)62-52(58)36-20-22-37(23-21-36)53(59)63-43-27-25-40-31-41-15-7-5-13-29-56(3,50(40)33-43)51(41)57-54(60)61-34-48-46-18-10-8-16-44(46)45-17-9-11-19-47(45)48;1-39-19-7-3-5-9-29(35(39)41)21-27-15-17-31(23-33(27)39)45-37(43)25-11-13-26(14-12-25)38(44)46-32-18-16-28-22-30-10-6-4-8-20-40(2,36(30)42)34(28)24-32;1-31-16-8-2-3-9-21(17-20-14-15-22(33)18-28(20)31)29(31)32-30(34)35-19-27-25-12-6-4-10-23(25)24-11-5-7-13-26(24)27;;/h8-11,16-27,32-33,35,38,41,48,51H,4-7,12-15,28-31,34H2,1-3H3,(H,57,60);11-18,23-24,29-30,35-36H,3-10,19-22,41-42H2,1-2H3;4-7,10-15,18,21,27,29,33H,2-3,8-9,16-17,19H2,1H3,(H,32,34);2*1H/t35-,38-,41-,51-,55-,56+;29-,30-,35-,36-,39+,40+;21-,29-,31+;;/m000../s1. The Hall–Kier alpha value is -11.9. The second-order valence-corrected chi connectivity index (χ2v) is 45.5. The van der Waals surface area contributed by atoms with Crippen molar-refractivity contribution < 1.29 is 62.3 Å². The highest BCUT2D eigenvalue weighted by atomic mass is 35.5. The number of rotatable bonds is 14. The molecule has 7 N–H and O–H groups in total. The smallest absolute Gasteiger partial charge is 0.407 e. The summed E-state index contributed by atoms with van der Waals surface area (Å²) in [4.78, 5) is 80.4. The molecule has 0 aliphatic heterocycles. The van der Waals surface area contributed by atoms with Crippen molar-refractivity contribution >= 4 is 60.9 Å². The Balaban J connectivity index is 0.000000143. The Morgan fingerprint density at radius 2 is 0.568 bits per heavy atom. The highest BCUT2D eigenvalue weighted by molar-refractivity contribution is 5.96. The van der Waals surface area contributed by atoms with E-state index in [2.05, 4.69) is 174 Å². The zero-order valence-corrected chi connectivity index (χ0v) is 87.0. The lowest BCUT2D eigenvalue weighted by Gasteiger charge is -2.49. The first-order chi connectivity index (χ1) is 69.8. The zero-order valence-electron chi connectivity index (χ0n) is 85.4. The summed E-state index contributed by atoms with van der Waals surface area (Å²) in [5.74, 6) is 3.43. The number of nitrogens with one attached hydrogen (secondary N) is 2. The van der Waals surface area contributed by atoms with Gasteiger partial charge in [-0.1, -0.05) is 265 Å². The molecule has 11 aromatic carbocycles. The van der Waals surface area contributed by atoms with E-state index in [-0.39, 0.29) is 107 Å². The Bertz CT molecular complexity index is 6490. The van der Waals surface area contributed by atoms with Crippen LogP contribution >= 0.6 is 24.8 Å². The molecule has 23 rings (SSSR count). The number of benzene rings is 11. The van der Waals surface area contributed by atoms with Gasteiger partial charge in [0.25, 0.3) is 0 Å². The van der Waals surface area contributed by atoms with Gasteiger partial charge in [-0.3, -0.25) is 0 Å². The van der Waals surface area contributed by atoms with Gasteiger partial charge in [0.05, 0.1) is 22.3 Å². The molecule has 15 atom stereocenters. The van der Waals surface area contributed by atoms with E-state index in [0.717, 1.165) is 121 Å². The van der Waals surface area contributed by atoms with Crippen LogP contribution < -0.4 is 41.0 Å². The van der Waals surface area contributed by atoms with Gasteiger partial charge in [0.2, 0.25) is 0 Å². The van der Waals surface area contributed by atoms with E-state index in [4.69, 9.17) is 39.9 Å². The van der Waals surface area contributed by atoms with Gasteiger partial charge in [-0.15, -0.1) is 24.8 Å². The van der Waals surface area contributed by atoms with Crippen LogP contribution in [0.1, 0.15) is 333 Å². The van der Waals surface area contributed by atoms with Gasteiger partial charge in [-0.05, 0) is 347 Å². The lowest BCUT2D eigenvalue weighted by Crippen LogP contribution is -2.57. The van der Waals surface area contributed by atoms with Crippen LogP contribution in [0.4, 0.5) is 9.59 Å². The summed E-state index contributed by atoms with van der Waals surface area (Å²) in [6, 6.07) is 76.6. The zero-order chi connectivity index (χ0) is 99.3. The van der Waals surface area contributed by atoms with E-state index in [0.29, 0.717) is 87.2 Å². The fraction of sp³-hybridized carbons (Fsp3) is 0.433. The Morgan fingerprint density at radius 3 is 0.904 bits per heavy atom. The number of esters is 4. The largest absolute Gasteiger partial charge is 0.508 e. The molecule has 5 fully saturated rings. The maximum atomic E-state index is 13.8. The molecule has 0 saturated heterocycles. The molecule has 12 aliphatic rings. The molecule has 146 heavy (non-hydrogen) atoms. The second kappa shape index (κ2) is 43.1. The number of carbonyl (C=O) groups is 6. The Labute approximate surface area is 873 Å². The number of alkyl carbamates (subject to hydrolysis) is 2. The number of carbonyl (C=O) groups excluding carboxylic acids is 6. The fourth-order valence-electron chi connectivity index (χ4n) is 28.8. The summed E-state index contributed by atoms with van der Waals surface area (Å²) in [5, 5.41) is 16.9. The van der Waals surface area contributed by atoms with Gasteiger partial charge in [-0.25, -0.2) is 28.8 Å². The van der Waals surface area contributed by atoms with Crippen molar-refractivity contribution in [3.05, 3.63) is 337 Å². The number of aromatic hydroxyl groups is 1. The van der Waals surface area contributed by atoms with Crippen LogP contribution in [0.15, 0.2) is 237 Å². The number of hydrogen-bond acceptors (Lipinski definition) is 15.